The normalized spacial score (nSPS) is 11.8. The molecular weight excluding hydrogens is 702 g/mol. The van der Waals surface area contributed by atoms with Gasteiger partial charge in [0, 0.05) is 32.6 Å². The summed E-state index contributed by atoms with van der Waals surface area (Å²) in [7, 11) is 1.62. The lowest BCUT2D eigenvalue weighted by atomic mass is 10.1. The van der Waals surface area contributed by atoms with Gasteiger partial charge in [0.2, 0.25) is 0 Å². The van der Waals surface area contributed by atoms with Gasteiger partial charge in [-0.05, 0) is 12.8 Å². The summed E-state index contributed by atoms with van der Waals surface area (Å²) in [6.45, 7) is 7.01. The Kier molecular flexibility index (Phi) is 35.1. The fourth-order valence-electron chi connectivity index (χ4n) is 6.23. The molecule has 0 saturated heterocycles. The predicted molar refractivity (Wildman–Crippen MR) is 216 cm³/mol. The largest absolute Gasteiger partial charge is 0.463 e. The van der Waals surface area contributed by atoms with Gasteiger partial charge in [-0.1, -0.05) is 147 Å². The molecule has 1 heterocycles. The van der Waals surface area contributed by atoms with Gasteiger partial charge < -0.3 is 28.4 Å². The molecule has 1 unspecified atom stereocenters. The van der Waals surface area contributed by atoms with Crippen molar-refractivity contribution in [1.29, 1.82) is 0 Å². The van der Waals surface area contributed by atoms with E-state index in [4.69, 9.17) is 28.4 Å². The number of ether oxygens (including phenoxy) is 6. The highest BCUT2D eigenvalue weighted by Crippen LogP contribution is 2.14. The molecule has 320 valence electrons. The van der Waals surface area contributed by atoms with E-state index < -0.39 is 6.10 Å². The summed E-state index contributed by atoms with van der Waals surface area (Å²) in [6.07, 6.45) is 28.8. The zero-order valence-corrected chi connectivity index (χ0v) is 35.2. The van der Waals surface area contributed by atoms with Gasteiger partial charge >= 0.3 is 17.9 Å². The maximum Gasteiger partial charge on any atom is 0.306 e. The van der Waals surface area contributed by atoms with Crippen LogP contribution in [0.1, 0.15) is 180 Å². The number of unbranched alkanes of at least 4 members (excludes halogenated alkanes) is 20. The molecule has 12 heteroatoms. The smallest absolute Gasteiger partial charge is 0.306 e. The number of aryl methyl sites for hydroxylation is 1. The van der Waals surface area contributed by atoms with Crippen molar-refractivity contribution in [3.05, 3.63) is 11.9 Å². The average molecular weight is 782 g/mol. The van der Waals surface area contributed by atoms with Crippen LogP contribution in [0.15, 0.2) is 6.20 Å². The SMILES string of the molecule is CCCCCCCCCCCCCC(=O)OCC(Cn1cc(CCC(=O)OCCOCCOCCOC)nn1)OC(=O)CCCCCCCCCCCCC. The predicted octanol–water partition coefficient (Wildman–Crippen LogP) is 9.29. The van der Waals surface area contributed by atoms with Crippen molar-refractivity contribution in [1.82, 2.24) is 15.0 Å². The summed E-state index contributed by atoms with van der Waals surface area (Å²) < 4.78 is 33.9. The Morgan fingerprint density at radius 2 is 1.02 bits per heavy atom. The molecule has 55 heavy (non-hydrogen) atoms. The van der Waals surface area contributed by atoms with Crippen LogP contribution >= 0.6 is 0 Å². The van der Waals surface area contributed by atoms with Gasteiger partial charge in [0.15, 0.2) is 6.10 Å². The Morgan fingerprint density at radius 1 is 0.564 bits per heavy atom. The molecule has 12 nitrogen and oxygen atoms in total. The molecular formula is C43H79N3O9. The zero-order valence-electron chi connectivity index (χ0n) is 35.2. The first-order chi connectivity index (χ1) is 27.0. The Labute approximate surface area is 333 Å². The molecule has 0 bridgehead atoms. The van der Waals surface area contributed by atoms with Crippen LogP contribution in [-0.4, -0.2) is 92.4 Å². The summed E-state index contributed by atoms with van der Waals surface area (Å²) in [4.78, 5) is 37.6. The second-order valence-corrected chi connectivity index (χ2v) is 14.7. The first-order valence-electron chi connectivity index (χ1n) is 22.0. The zero-order chi connectivity index (χ0) is 39.9. The van der Waals surface area contributed by atoms with Crippen LogP contribution in [-0.2, 0) is 55.8 Å². The molecule has 1 atom stereocenters. The van der Waals surface area contributed by atoms with Crippen molar-refractivity contribution in [3.8, 4) is 0 Å². The lowest BCUT2D eigenvalue weighted by Crippen LogP contribution is -2.30. The number of methoxy groups -OCH3 is 1. The van der Waals surface area contributed by atoms with E-state index >= 15 is 0 Å². The molecule has 0 aromatic carbocycles. The topological polar surface area (TPSA) is 137 Å². The summed E-state index contributed by atoms with van der Waals surface area (Å²) in [5.41, 5.74) is 0.612. The second kappa shape index (κ2) is 38.3. The van der Waals surface area contributed by atoms with Crippen LogP contribution in [0.2, 0.25) is 0 Å². The minimum atomic E-state index is -0.689. The minimum absolute atomic E-state index is 0.0380. The molecule has 1 aromatic rings. The van der Waals surface area contributed by atoms with Crippen molar-refractivity contribution < 1.29 is 42.8 Å². The fourth-order valence-corrected chi connectivity index (χ4v) is 6.23. The van der Waals surface area contributed by atoms with Gasteiger partial charge in [-0.15, -0.1) is 5.10 Å². The molecule has 0 fully saturated rings. The number of nitrogens with zero attached hydrogens (tertiary/aromatic N) is 3. The molecule has 0 saturated carbocycles. The Bertz CT molecular complexity index is 1040. The standard InChI is InChI=1S/C43H79N3O9/c1-4-6-8-10-12-14-16-18-20-22-24-26-41(47)54-38-40(55-43(49)27-25-23-21-19-17-15-13-11-9-7-5-2)37-46-36-39(44-45-46)28-29-42(48)53-35-34-52-33-32-51-31-30-50-3/h36,40H,4-35,37-38H2,1-3H3. The molecule has 0 N–H and O–H groups in total. The van der Waals surface area contributed by atoms with E-state index in [0.717, 1.165) is 38.5 Å². The molecule has 0 aliphatic rings. The number of esters is 3. The molecule has 0 radical (unpaired) electrons. The van der Waals surface area contributed by atoms with E-state index in [1.54, 1.807) is 18.0 Å². The van der Waals surface area contributed by atoms with Crippen LogP contribution < -0.4 is 0 Å². The second-order valence-electron chi connectivity index (χ2n) is 14.7. The van der Waals surface area contributed by atoms with E-state index in [-0.39, 0.29) is 44.1 Å². The van der Waals surface area contributed by atoms with Gasteiger partial charge in [-0.3, -0.25) is 14.4 Å². The maximum atomic E-state index is 12.8. The van der Waals surface area contributed by atoms with Gasteiger partial charge in [-0.25, -0.2) is 4.68 Å². The van der Waals surface area contributed by atoms with E-state index in [1.807, 2.05) is 0 Å². The number of hydrogen-bond acceptors (Lipinski definition) is 11. The summed E-state index contributed by atoms with van der Waals surface area (Å²) in [5, 5.41) is 8.35. The van der Waals surface area contributed by atoms with Crippen LogP contribution in [0, 0.1) is 0 Å². The van der Waals surface area contributed by atoms with Gasteiger partial charge in [0.05, 0.1) is 51.7 Å². The van der Waals surface area contributed by atoms with Crippen molar-refractivity contribution >= 4 is 17.9 Å². The number of rotatable bonds is 41. The third kappa shape index (κ3) is 33.3. The lowest BCUT2D eigenvalue weighted by Gasteiger charge is -2.18. The first kappa shape index (κ1) is 50.4. The van der Waals surface area contributed by atoms with Crippen molar-refractivity contribution in [2.45, 2.75) is 193 Å². The molecule has 0 spiro atoms. The molecule has 1 aromatic heterocycles. The molecule has 1 rings (SSSR count). The summed E-state index contributed by atoms with van der Waals surface area (Å²) in [5.74, 6) is -0.928. The van der Waals surface area contributed by atoms with Crippen LogP contribution in [0.3, 0.4) is 0 Å². The Balaban J connectivity index is 2.43. The number of carbonyl (C=O) groups is 3. The van der Waals surface area contributed by atoms with Crippen molar-refractivity contribution in [2.75, 3.05) is 53.4 Å². The maximum absolute atomic E-state index is 12.8. The number of hydrogen-bond donors (Lipinski definition) is 0. The lowest BCUT2D eigenvalue weighted by molar-refractivity contribution is -0.160. The van der Waals surface area contributed by atoms with Crippen molar-refractivity contribution in [3.63, 3.8) is 0 Å². The molecule has 0 aliphatic heterocycles. The highest BCUT2D eigenvalue weighted by atomic mass is 16.6. The van der Waals surface area contributed by atoms with Gasteiger partial charge in [-0.2, -0.15) is 0 Å². The Hall–Kier alpha value is -2.57. The van der Waals surface area contributed by atoms with Gasteiger partial charge in [0.1, 0.15) is 13.2 Å². The highest BCUT2D eigenvalue weighted by Gasteiger charge is 2.19. The van der Waals surface area contributed by atoms with E-state index in [1.165, 1.54) is 103 Å². The highest BCUT2D eigenvalue weighted by molar-refractivity contribution is 5.70. The van der Waals surface area contributed by atoms with E-state index in [0.29, 0.717) is 58.0 Å². The minimum Gasteiger partial charge on any atom is -0.463 e. The third-order valence-electron chi connectivity index (χ3n) is 9.55. The van der Waals surface area contributed by atoms with E-state index in [2.05, 4.69) is 24.2 Å². The summed E-state index contributed by atoms with van der Waals surface area (Å²) in [6, 6.07) is 0. The van der Waals surface area contributed by atoms with Crippen LogP contribution in [0.5, 0.6) is 0 Å². The monoisotopic (exact) mass is 782 g/mol. The number of carbonyl (C=O) groups excluding carboxylic acids is 3. The number of aromatic nitrogens is 3. The van der Waals surface area contributed by atoms with Crippen LogP contribution in [0.25, 0.3) is 0 Å². The quantitative estimate of drug-likeness (QED) is 0.0357. The fraction of sp³-hybridized carbons (Fsp3) is 0.884. The van der Waals surface area contributed by atoms with E-state index in [9.17, 15) is 14.4 Å². The average Bonchev–Trinajstić information content (AvgIpc) is 3.63. The van der Waals surface area contributed by atoms with Gasteiger partial charge in [0.25, 0.3) is 0 Å². The third-order valence-corrected chi connectivity index (χ3v) is 9.55. The Morgan fingerprint density at radius 3 is 1.55 bits per heavy atom. The summed E-state index contributed by atoms with van der Waals surface area (Å²) >= 11 is 0. The molecule has 0 aliphatic carbocycles. The first-order valence-corrected chi connectivity index (χ1v) is 22.0. The molecule has 0 amide bonds. The van der Waals surface area contributed by atoms with Crippen LogP contribution in [0.4, 0.5) is 0 Å². The van der Waals surface area contributed by atoms with Crippen molar-refractivity contribution in [2.24, 2.45) is 0 Å².